The first-order chi connectivity index (χ1) is 11.3. The van der Waals surface area contributed by atoms with Crippen LogP contribution < -0.4 is 10.6 Å². The molecule has 1 aliphatic heterocycles. The molecule has 0 aliphatic carbocycles. The summed E-state index contributed by atoms with van der Waals surface area (Å²) in [5, 5.41) is 7.93. The summed E-state index contributed by atoms with van der Waals surface area (Å²) in [6, 6.07) is 0. The molecule has 2 heterocycles. The Morgan fingerprint density at radius 3 is 2.67 bits per heavy atom. The zero-order valence-electron chi connectivity index (χ0n) is 15.9. The van der Waals surface area contributed by atoms with Gasteiger partial charge in [-0.2, -0.15) is 0 Å². The molecular weight excluding hydrogens is 320 g/mol. The van der Waals surface area contributed by atoms with E-state index in [0.29, 0.717) is 18.6 Å². The predicted molar refractivity (Wildman–Crippen MR) is 102 cm³/mol. The second-order valence-corrected chi connectivity index (χ2v) is 8.90. The number of guanidine groups is 1. The SMILES string of the molecule is CN=C(NCc1nc(C)c(C)s1)NCC1CCCOC1C(C)(C)C. The number of nitrogens with one attached hydrogen (secondary N) is 2. The summed E-state index contributed by atoms with van der Waals surface area (Å²) in [7, 11) is 1.81. The van der Waals surface area contributed by atoms with Crippen LogP contribution in [0.25, 0.3) is 0 Å². The maximum absolute atomic E-state index is 6.06. The summed E-state index contributed by atoms with van der Waals surface area (Å²) in [6.07, 6.45) is 2.64. The molecule has 0 aromatic carbocycles. The van der Waals surface area contributed by atoms with Crippen molar-refractivity contribution in [2.24, 2.45) is 16.3 Å². The normalized spacial score (nSPS) is 22.5. The van der Waals surface area contributed by atoms with Crippen LogP contribution in [0, 0.1) is 25.2 Å². The number of thiazole rings is 1. The molecule has 24 heavy (non-hydrogen) atoms. The Balaban J connectivity index is 1.86. The maximum atomic E-state index is 6.06. The van der Waals surface area contributed by atoms with Crippen molar-refractivity contribution in [1.82, 2.24) is 15.6 Å². The van der Waals surface area contributed by atoms with E-state index in [-0.39, 0.29) is 5.41 Å². The van der Waals surface area contributed by atoms with E-state index in [2.05, 4.69) is 55.2 Å². The van der Waals surface area contributed by atoms with Gasteiger partial charge in [0.25, 0.3) is 0 Å². The zero-order valence-corrected chi connectivity index (χ0v) is 16.7. The van der Waals surface area contributed by atoms with E-state index in [9.17, 15) is 0 Å². The van der Waals surface area contributed by atoms with Crippen molar-refractivity contribution < 1.29 is 4.74 Å². The van der Waals surface area contributed by atoms with Crippen molar-refractivity contribution in [3.63, 3.8) is 0 Å². The van der Waals surface area contributed by atoms with Gasteiger partial charge in [-0.25, -0.2) is 4.98 Å². The lowest BCUT2D eigenvalue weighted by atomic mass is 9.78. The lowest BCUT2D eigenvalue weighted by Crippen LogP contribution is -2.47. The van der Waals surface area contributed by atoms with Crippen LogP contribution in [0.3, 0.4) is 0 Å². The number of aryl methyl sites for hydroxylation is 2. The standard InChI is InChI=1S/C18H32N4OS/c1-12-13(2)24-15(22-12)11-21-17(19-6)20-10-14-8-7-9-23-16(14)18(3,4)5/h14,16H,7-11H2,1-6H3,(H2,19,20,21). The van der Waals surface area contributed by atoms with Crippen molar-refractivity contribution >= 4 is 17.3 Å². The first kappa shape index (κ1) is 19.2. The molecule has 0 saturated carbocycles. The Kier molecular flexibility index (Phi) is 6.63. The van der Waals surface area contributed by atoms with E-state index in [0.717, 1.165) is 36.2 Å². The highest BCUT2D eigenvalue weighted by Crippen LogP contribution is 2.33. The third-order valence-electron chi connectivity index (χ3n) is 4.53. The van der Waals surface area contributed by atoms with Crippen molar-refractivity contribution in [2.75, 3.05) is 20.2 Å². The van der Waals surface area contributed by atoms with Gasteiger partial charge in [0.15, 0.2) is 5.96 Å². The summed E-state index contributed by atoms with van der Waals surface area (Å²) >= 11 is 1.74. The minimum Gasteiger partial charge on any atom is -0.377 e. The topological polar surface area (TPSA) is 58.5 Å². The first-order valence-electron chi connectivity index (χ1n) is 8.80. The number of hydrogen-bond acceptors (Lipinski definition) is 4. The highest BCUT2D eigenvalue weighted by Gasteiger charge is 2.35. The molecule has 1 saturated heterocycles. The number of aliphatic imine (C=N–C) groups is 1. The van der Waals surface area contributed by atoms with Gasteiger partial charge in [0.1, 0.15) is 5.01 Å². The molecule has 2 N–H and O–H groups in total. The average Bonchev–Trinajstić information content (AvgIpc) is 2.85. The monoisotopic (exact) mass is 352 g/mol. The molecule has 0 amide bonds. The van der Waals surface area contributed by atoms with Crippen molar-refractivity contribution in [2.45, 2.75) is 60.1 Å². The number of rotatable bonds is 4. The lowest BCUT2D eigenvalue weighted by Gasteiger charge is -2.40. The van der Waals surface area contributed by atoms with Crippen molar-refractivity contribution in [3.8, 4) is 0 Å². The molecule has 6 heteroatoms. The van der Waals surface area contributed by atoms with Gasteiger partial charge in [-0.1, -0.05) is 20.8 Å². The summed E-state index contributed by atoms with van der Waals surface area (Å²) in [5.41, 5.74) is 1.28. The Morgan fingerprint density at radius 2 is 2.08 bits per heavy atom. The minimum atomic E-state index is 0.166. The summed E-state index contributed by atoms with van der Waals surface area (Å²) < 4.78 is 6.06. The zero-order chi connectivity index (χ0) is 17.7. The summed E-state index contributed by atoms with van der Waals surface area (Å²) in [6.45, 7) is 13.4. The van der Waals surface area contributed by atoms with E-state index in [1.165, 1.54) is 11.3 Å². The molecule has 2 atom stereocenters. The van der Waals surface area contributed by atoms with E-state index >= 15 is 0 Å². The molecule has 2 rings (SSSR count). The van der Waals surface area contributed by atoms with Gasteiger partial charge in [-0.15, -0.1) is 11.3 Å². The van der Waals surface area contributed by atoms with Crippen LogP contribution in [0.5, 0.6) is 0 Å². The number of hydrogen-bond donors (Lipinski definition) is 2. The third-order valence-corrected chi connectivity index (χ3v) is 5.61. The lowest BCUT2D eigenvalue weighted by molar-refractivity contribution is -0.0835. The first-order valence-corrected chi connectivity index (χ1v) is 9.62. The van der Waals surface area contributed by atoms with E-state index in [1.54, 1.807) is 11.3 Å². The van der Waals surface area contributed by atoms with Crippen LogP contribution in [0.2, 0.25) is 0 Å². The second kappa shape index (κ2) is 8.30. The quantitative estimate of drug-likeness (QED) is 0.645. The third kappa shape index (κ3) is 5.18. The fourth-order valence-corrected chi connectivity index (χ4v) is 4.11. The van der Waals surface area contributed by atoms with Gasteiger partial charge in [0, 0.05) is 31.0 Å². The number of nitrogens with zero attached hydrogens (tertiary/aromatic N) is 2. The van der Waals surface area contributed by atoms with Gasteiger partial charge in [0.2, 0.25) is 0 Å². The molecule has 5 nitrogen and oxygen atoms in total. The molecule has 1 fully saturated rings. The molecule has 0 spiro atoms. The van der Waals surface area contributed by atoms with Crippen LogP contribution >= 0.6 is 11.3 Å². The molecule has 0 bridgehead atoms. The molecule has 1 aromatic heterocycles. The van der Waals surface area contributed by atoms with Crippen LogP contribution in [0.4, 0.5) is 0 Å². The van der Waals surface area contributed by atoms with Gasteiger partial charge < -0.3 is 15.4 Å². The van der Waals surface area contributed by atoms with Crippen LogP contribution in [-0.2, 0) is 11.3 Å². The smallest absolute Gasteiger partial charge is 0.191 e. The van der Waals surface area contributed by atoms with E-state index in [1.807, 2.05) is 7.05 Å². The molecule has 0 radical (unpaired) electrons. The predicted octanol–water partition coefficient (Wildman–Crippen LogP) is 3.27. The fraction of sp³-hybridized carbons (Fsp3) is 0.778. The van der Waals surface area contributed by atoms with Gasteiger partial charge in [0.05, 0.1) is 18.3 Å². The minimum absolute atomic E-state index is 0.166. The van der Waals surface area contributed by atoms with Crippen LogP contribution in [0.15, 0.2) is 4.99 Å². The molecule has 136 valence electrons. The van der Waals surface area contributed by atoms with E-state index < -0.39 is 0 Å². The van der Waals surface area contributed by atoms with Crippen LogP contribution in [0.1, 0.15) is 49.2 Å². The number of aromatic nitrogens is 1. The second-order valence-electron chi connectivity index (χ2n) is 7.62. The van der Waals surface area contributed by atoms with Gasteiger partial charge in [-0.05, 0) is 32.1 Å². The van der Waals surface area contributed by atoms with Crippen LogP contribution in [-0.4, -0.2) is 37.2 Å². The van der Waals surface area contributed by atoms with E-state index in [4.69, 9.17) is 4.74 Å². The van der Waals surface area contributed by atoms with Crippen molar-refractivity contribution in [3.05, 3.63) is 15.6 Å². The Hall–Kier alpha value is -1.14. The Labute approximate surface area is 150 Å². The van der Waals surface area contributed by atoms with Gasteiger partial charge in [-0.3, -0.25) is 4.99 Å². The molecular formula is C18H32N4OS. The number of ether oxygens (including phenoxy) is 1. The summed E-state index contributed by atoms with van der Waals surface area (Å²) in [5.74, 6) is 1.35. The summed E-state index contributed by atoms with van der Waals surface area (Å²) in [4.78, 5) is 10.2. The Morgan fingerprint density at radius 1 is 1.33 bits per heavy atom. The highest BCUT2D eigenvalue weighted by atomic mass is 32.1. The molecule has 1 aliphatic rings. The maximum Gasteiger partial charge on any atom is 0.191 e. The average molecular weight is 353 g/mol. The largest absolute Gasteiger partial charge is 0.377 e. The molecule has 2 unspecified atom stereocenters. The Bertz CT molecular complexity index is 542. The van der Waals surface area contributed by atoms with Gasteiger partial charge >= 0.3 is 0 Å². The molecule has 1 aromatic rings. The highest BCUT2D eigenvalue weighted by molar-refractivity contribution is 7.11. The van der Waals surface area contributed by atoms with Crippen molar-refractivity contribution in [1.29, 1.82) is 0 Å². The fourth-order valence-electron chi connectivity index (χ4n) is 3.23.